The Bertz CT molecular complexity index is 1240. The first-order valence-corrected chi connectivity index (χ1v) is 12.9. The largest absolute Gasteiger partial charge is 1.00 e. The zero-order valence-corrected chi connectivity index (χ0v) is 25.3. The maximum absolute atomic E-state index is 13.9. The van der Waals surface area contributed by atoms with Gasteiger partial charge in [0.25, 0.3) is 5.91 Å². The van der Waals surface area contributed by atoms with Gasteiger partial charge in [0.2, 0.25) is 0 Å². The molecular formula is C30H36FN2NaO5. The van der Waals surface area contributed by atoms with Gasteiger partial charge >= 0.3 is 29.6 Å². The predicted octanol–water partition coefficient (Wildman–Crippen LogP) is 0.869. The molecule has 0 aliphatic rings. The summed E-state index contributed by atoms with van der Waals surface area (Å²) in [4.78, 5) is 24.5. The number of aromatic nitrogens is 1. The van der Waals surface area contributed by atoms with Gasteiger partial charge in [-0.1, -0.05) is 42.5 Å². The Morgan fingerprint density at radius 1 is 0.923 bits per heavy atom. The van der Waals surface area contributed by atoms with E-state index in [0.717, 1.165) is 22.4 Å². The summed E-state index contributed by atoms with van der Waals surface area (Å²) in [7, 11) is 0. The number of hydrogen-bond acceptors (Lipinski definition) is 5. The number of carboxylic acid groups (broad SMARTS) is 1. The molecule has 9 heteroatoms. The molecule has 2 aromatic carbocycles. The third-order valence-corrected chi connectivity index (χ3v) is 6.31. The fourth-order valence-electron chi connectivity index (χ4n) is 4.83. The Kier molecular flexibility index (Phi) is 12.4. The van der Waals surface area contributed by atoms with E-state index in [-0.39, 0.29) is 66.2 Å². The Hall–Kier alpha value is -2.49. The Balaban J connectivity index is 0.00000533. The first-order valence-electron chi connectivity index (χ1n) is 12.9. The number of carbonyl (C=O) groups is 2. The molecule has 3 N–H and O–H groups in total. The molecule has 0 saturated carbocycles. The van der Waals surface area contributed by atoms with E-state index in [1.165, 1.54) is 12.1 Å². The minimum Gasteiger partial charge on any atom is -0.550 e. The minimum atomic E-state index is -1.38. The molecule has 2 atom stereocenters. The van der Waals surface area contributed by atoms with Gasteiger partial charge in [-0.2, -0.15) is 0 Å². The van der Waals surface area contributed by atoms with Crippen LogP contribution in [-0.2, 0) is 11.2 Å². The van der Waals surface area contributed by atoms with E-state index < -0.39 is 24.6 Å². The average Bonchev–Trinajstić information content (AvgIpc) is 3.18. The van der Waals surface area contributed by atoms with E-state index >= 15 is 0 Å². The van der Waals surface area contributed by atoms with Gasteiger partial charge in [0, 0.05) is 41.3 Å². The number of nitrogens with one attached hydrogen (secondary N) is 1. The third kappa shape index (κ3) is 8.50. The maximum Gasteiger partial charge on any atom is 1.00 e. The molecule has 1 heterocycles. The van der Waals surface area contributed by atoms with Crippen LogP contribution in [-0.4, -0.2) is 44.9 Å². The predicted molar refractivity (Wildman–Crippen MR) is 143 cm³/mol. The van der Waals surface area contributed by atoms with E-state index in [1.807, 2.05) is 62.6 Å². The number of aliphatic hydroxyl groups is 2. The second kappa shape index (κ2) is 14.8. The fraction of sp³-hybridized carbons (Fsp3) is 0.400. The quantitative estimate of drug-likeness (QED) is 0.292. The Labute approximate surface area is 251 Å². The Morgan fingerprint density at radius 3 is 2.05 bits per heavy atom. The van der Waals surface area contributed by atoms with Crippen LogP contribution >= 0.6 is 0 Å². The van der Waals surface area contributed by atoms with Crippen molar-refractivity contribution in [3.05, 3.63) is 71.8 Å². The molecule has 39 heavy (non-hydrogen) atoms. The number of aliphatic hydroxyl groups excluding tert-OH is 2. The van der Waals surface area contributed by atoms with Crippen molar-refractivity contribution in [3.8, 4) is 22.3 Å². The van der Waals surface area contributed by atoms with Gasteiger partial charge in [0.1, 0.15) is 11.5 Å². The van der Waals surface area contributed by atoms with Crippen LogP contribution in [0.2, 0.25) is 0 Å². The number of carboxylic acids is 1. The van der Waals surface area contributed by atoms with Gasteiger partial charge in [-0.3, -0.25) is 4.79 Å². The smallest absolute Gasteiger partial charge is 0.550 e. The molecule has 0 aliphatic heterocycles. The molecule has 0 bridgehead atoms. The summed E-state index contributed by atoms with van der Waals surface area (Å²) in [6.45, 7) is 7.72. The second-order valence-corrected chi connectivity index (χ2v) is 10.2. The van der Waals surface area contributed by atoms with Crippen molar-refractivity contribution >= 4 is 11.9 Å². The summed E-state index contributed by atoms with van der Waals surface area (Å²) in [6.07, 6.45) is -2.33. The van der Waals surface area contributed by atoms with Gasteiger partial charge in [-0.25, -0.2) is 4.39 Å². The molecule has 3 aromatic rings. The summed E-state index contributed by atoms with van der Waals surface area (Å²) in [5.74, 6) is -2.01. The minimum absolute atomic E-state index is 0. The number of rotatable bonds is 12. The van der Waals surface area contributed by atoms with E-state index in [9.17, 15) is 29.3 Å². The molecule has 0 radical (unpaired) electrons. The monoisotopic (exact) mass is 546 g/mol. The SMILES string of the molecule is CC(C)NC(=O)c1c(-c2ccccc2)c(-c2ccc(F)cc2)c(CC[C@@H](O)C[C@@H](O)CC(=O)[O-])n1C(C)C.[Na+]. The molecule has 204 valence electrons. The molecular weight excluding hydrogens is 510 g/mol. The topological polar surface area (TPSA) is 115 Å². The van der Waals surface area contributed by atoms with E-state index in [0.29, 0.717) is 17.7 Å². The maximum atomic E-state index is 13.9. The van der Waals surface area contributed by atoms with Crippen molar-refractivity contribution < 1.29 is 58.9 Å². The van der Waals surface area contributed by atoms with E-state index in [1.54, 1.807) is 12.1 Å². The van der Waals surface area contributed by atoms with Crippen LogP contribution in [0.15, 0.2) is 54.6 Å². The van der Waals surface area contributed by atoms with Crippen LogP contribution in [0, 0.1) is 5.82 Å². The summed E-state index contributed by atoms with van der Waals surface area (Å²) in [5.41, 5.74) is 4.29. The molecule has 0 aliphatic carbocycles. The number of amides is 1. The van der Waals surface area contributed by atoms with Crippen LogP contribution in [0.4, 0.5) is 4.39 Å². The number of halogens is 1. The van der Waals surface area contributed by atoms with Crippen LogP contribution in [0.5, 0.6) is 0 Å². The van der Waals surface area contributed by atoms with Crippen LogP contribution < -0.4 is 40.0 Å². The molecule has 3 rings (SSSR count). The van der Waals surface area contributed by atoms with Crippen molar-refractivity contribution in [2.75, 3.05) is 0 Å². The van der Waals surface area contributed by atoms with Crippen molar-refractivity contribution in [2.24, 2.45) is 0 Å². The number of nitrogens with zero attached hydrogens (tertiary/aromatic N) is 1. The summed E-state index contributed by atoms with van der Waals surface area (Å²) >= 11 is 0. The van der Waals surface area contributed by atoms with Crippen LogP contribution in [0.25, 0.3) is 22.3 Å². The zero-order chi connectivity index (χ0) is 28.0. The summed E-state index contributed by atoms with van der Waals surface area (Å²) < 4.78 is 15.9. The number of hydrogen-bond donors (Lipinski definition) is 3. The zero-order valence-electron chi connectivity index (χ0n) is 23.3. The molecule has 0 spiro atoms. The van der Waals surface area contributed by atoms with Crippen molar-refractivity contribution in [3.63, 3.8) is 0 Å². The first-order chi connectivity index (χ1) is 18.0. The van der Waals surface area contributed by atoms with Gasteiger partial charge < -0.3 is 30.0 Å². The number of carbonyl (C=O) groups excluding carboxylic acids is 2. The fourth-order valence-corrected chi connectivity index (χ4v) is 4.83. The molecule has 1 amide bonds. The average molecular weight is 547 g/mol. The van der Waals surface area contributed by atoms with Crippen molar-refractivity contribution in [2.45, 2.75) is 77.7 Å². The van der Waals surface area contributed by atoms with Crippen LogP contribution in [0.1, 0.15) is 69.2 Å². The summed E-state index contributed by atoms with van der Waals surface area (Å²) in [5, 5.41) is 34.4. The Morgan fingerprint density at radius 2 is 1.51 bits per heavy atom. The molecule has 0 saturated heterocycles. The molecule has 7 nitrogen and oxygen atoms in total. The normalized spacial score (nSPS) is 12.7. The summed E-state index contributed by atoms with van der Waals surface area (Å²) in [6, 6.07) is 15.4. The van der Waals surface area contributed by atoms with Crippen molar-refractivity contribution in [1.82, 2.24) is 9.88 Å². The van der Waals surface area contributed by atoms with Gasteiger partial charge in [0.15, 0.2) is 0 Å². The van der Waals surface area contributed by atoms with E-state index in [2.05, 4.69) is 5.32 Å². The molecule has 1 aromatic heterocycles. The third-order valence-electron chi connectivity index (χ3n) is 6.31. The van der Waals surface area contributed by atoms with Gasteiger partial charge in [-0.05, 0) is 70.2 Å². The standard InChI is InChI=1S/C30H37FN2O5.Na/c1-18(2)32-30(38)29-28(20-8-6-5-7-9-20)27(21-10-12-22(31)13-11-21)25(33(29)19(3)4)15-14-23(34)16-24(35)17-26(36)37;/h5-13,18-19,23-24,34-35H,14-17H2,1-4H3,(H,32,38)(H,36,37);/q;+1/p-1/t23-,24-;/m1./s1. The van der Waals surface area contributed by atoms with Gasteiger partial charge in [-0.15, -0.1) is 0 Å². The number of benzene rings is 2. The first kappa shape index (κ1) is 32.7. The molecule has 0 unspecified atom stereocenters. The van der Waals surface area contributed by atoms with Crippen molar-refractivity contribution in [1.29, 1.82) is 0 Å². The van der Waals surface area contributed by atoms with E-state index in [4.69, 9.17) is 0 Å². The molecule has 0 fully saturated rings. The number of aliphatic carboxylic acids is 1. The van der Waals surface area contributed by atoms with Gasteiger partial charge in [0.05, 0.1) is 12.2 Å². The second-order valence-electron chi connectivity index (χ2n) is 10.2. The van der Waals surface area contributed by atoms with Crippen LogP contribution in [0.3, 0.4) is 0 Å².